The normalized spacial score (nSPS) is 13.7. The molecule has 0 radical (unpaired) electrons. The third-order valence-corrected chi connectivity index (χ3v) is 7.71. The van der Waals surface area contributed by atoms with Crippen LogP contribution in [0.4, 0.5) is 23.5 Å². The molecule has 0 atom stereocenters. The number of aryl methyl sites for hydroxylation is 2. The van der Waals surface area contributed by atoms with E-state index in [1.54, 1.807) is 35.9 Å². The second-order valence-electron chi connectivity index (χ2n) is 10.3. The van der Waals surface area contributed by atoms with E-state index in [1.807, 2.05) is 50.2 Å². The lowest BCUT2D eigenvalue weighted by atomic mass is 10.1. The molecule has 1 aliphatic rings. The van der Waals surface area contributed by atoms with Gasteiger partial charge in [0.1, 0.15) is 17.3 Å². The molecule has 1 aliphatic heterocycles. The van der Waals surface area contributed by atoms with Crippen molar-refractivity contribution in [3.8, 4) is 5.75 Å². The van der Waals surface area contributed by atoms with Crippen LogP contribution in [0.15, 0.2) is 48.7 Å². The smallest absolute Gasteiger partial charge is 0.276 e. The van der Waals surface area contributed by atoms with Crippen LogP contribution in [0.1, 0.15) is 34.4 Å². The number of rotatable bonds is 9. The Balaban J connectivity index is 1.44. The molecule has 1 fully saturated rings. The fraction of sp³-hybridized carbons (Fsp3) is 0.367. The van der Waals surface area contributed by atoms with Gasteiger partial charge in [-0.25, -0.2) is 4.98 Å². The Bertz CT molecular complexity index is 1530. The number of carbonyl (C=O) groups excluding carboxylic acids is 1. The molecular formula is C30H36ClN9O2. The number of amides is 1. The van der Waals surface area contributed by atoms with E-state index in [4.69, 9.17) is 21.3 Å². The number of hydrogen-bond acceptors (Lipinski definition) is 9. The summed E-state index contributed by atoms with van der Waals surface area (Å²) in [7, 11) is 5.52. The molecule has 0 aliphatic carbocycles. The topological polar surface area (TPSA) is 105 Å². The highest BCUT2D eigenvalue weighted by molar-refractivity contribution is 6.34. The van der Waals surface area contributed by atoms with Gasteiger partial charge in [-0.05, 0) is 43.3 Å². The quantitative estimate of drug-likeness (QED) is 0.302. The zero-order valence-corrected chi connectivity index (χ0v) is 25.4. The zero-order chi connectivity index (χ0) is 29.8. The summed E-state index contributed by atoms with van der Waals surface area (Å²) in [5.74, 6) is 2.66. The van der Waals surface area contributed by atoms with Gasteiger partial charge in [0.25, 0.3) is 5.91 Å². The Labute approximate surface area is 251 Å². The maximum absolute atomic E-state index is 14.2. The first-order valence-corrected chi connectivity index (χ1v) is 14.3. The molecule has 1 N–H and O–H groups in total. The molecule has 12 heteroatoms. The van der Waals surface area contributed by atoms with E-state index in [1.165, 1.54) is 0 Å². The lowest BCUT2D eigenvalue weighted by Crippen LogP contribution is -2.45. The number of likely N-dealkylation sites (N-methyl/N-ethyl adjacent to an activating group) is 1. The highest BCUT2D eigenvalue weighted by Crippen LogP contribution is 2.32. The van der Waals surface area contributed by atoms with Gasteiger partial charge in [-0.2, -0.15) is 15.0 Å². The lowest BCUT2D eigenvalue weighted by Gasteiger charge is -2.32. The first-order chi connectivity index (χ1) is 20.3. The average Bonchev–Trinajstić information content (AvgIpc) is 3.36. The van der Waals surface area contributed by atoms with Gasteiger partial charge in [-0.1, -0.05) is 42.8 Å². The summed E-state index contributed by atoms with van der Waals surface area (Å²) in [5.41, 5.74) is 2.85. The van der Waals surface area contributed by atoms with Crippen LogP contribution in [-0.2, 0) is 20.0 Å². The fourth-order valence-electron chi connectivity index (χ4n) is 4.86. The van der Waals surface area contributed by atoms with Crippen molar-refractivity contribution in [1.82, 2.24) is 29.4 Å². The largest absolute Gasteiger partial charge is 0.497 e. The first-order valence-electron chi connectivity index (χ1n) is 13.9. The van der Waals surface area contributed by atoms with E-state index >= 15 is 0 Å². The standard InChI is InChI=1S/C30H36ClN9O2/c1-6-25-33-28(36-30(34-25)39-16-14-37(3)15-17-39)35-29-32-18-24(38(29)4)27(41)40(26-20(2)8-7-9-23(26)31)19-21-10-12-22(42-5)13-11-21/h7-13,18H,6,14-17,19H2,1-5H3,(H,32,33,34,35,36). The average molecular weight is 590 g/mol. The van der Waals surface area contributed by atoms with Crippen LogP contribution >= 0.6 is 11.6 Å². The van der Waals surface area contributed by atoms with E-state index in [2.05, 4.69) is 37.1 Å². The molecule has 1 saturated heterocycles. The van der Waals surface area contributed by atoms with Gasteiger partial charge >= 0.3 is 0 Å². The molecule has 0 bridgehead atoms. The number of imidazole rings is 1. The van der Waals surface area contributed by atoms with Crippen LogP contribution in [0.25, 0.3) is 0 Å². The summed E-state index contributed by atoms with van der Waals surface area (Å²) >= 11 is 6.66. The molecule has 11 nitrogen and oxygen atoms in total. The third kappa shape index (κ3) is 6.32. The van der Waals surface area contributed by atoms with Gasteiger partial charge in [-0.15, -0.1) is 0 Å². The molecule has 0 unspecified atom stereocenters. The van der Waals surface area contributed by atoms with Gasteiger partial charge < -0.3 is 24.0 Å². The number of para-hydroxylation sites is 1. The number of nitrogens with zero attached hydrogens (tertiary/aromatic N) is 8. The second-order valence-corrected chi connectivity index (χ2v) is 10.7. The highest BCUT2D eigenvalue weighted by Gasteiger charge is 2.26. The Kier molecular flexibility index (Phi) is 8.89. The molecule has 0 saturated carbocycles. The second kappa shape index (κ2) is 12.7. The van der Waals surface area contributed by atoms with Crippen molar-refractivity contribution in [1.29, 1.82) is 0 Å². The van der Waals surface area contributed by atoms with Gasteiger partial charge in [0.05, 0.1) is 30.6 Å². The Hall–Kier alpha value is -4.22. The lowest BCUT2D eigenvalue weighted by molar-refractivity contribution is 0.0977. The van der Waals surface area contributed by atoms with Crippen LogP contribution in [0.2, 0.25) is 5.02 Å². The van der Waals surface area contributed by atoms with Crippen LogP contribution in [0, 0.1) is 6.92 Å². The summed E-state index contributed by atoms with van der Waals surface area (Å²) in [6.45, 7) is 7.83. The van der Waals surface area contributed by atoms with Crippen molar-refractivity contribution in [3.63, 3.8) is 0 Å². The maximum atomic E-state index is 14.2. The van der Waals surface area contributed by atoms with Crippen LogP contribution < -0.4 is 19.9 Å². The Morgan fingerprint density at radius 3 is 2.45 bits per heavy atom. The van der Waals surface area contributed by atoms with E-state index in [0.717, 1.165) is 43.1 Å². The number of anilines is 4. The SMILES string of the molecule is CCc1nc(Nc2ncc(C(=O)N(Cc3ccc(OC)cc3)c3c(C)cccc3Cl)n2C)nc(N2CCN(C)CC2)n1. The summed E-state index contributed by atoms with van der Waals surface area (Å²) in [6.07, 6.45) is 2.22. The van der Waals surface area contributed by atoms with Crippen LogP contribution in [0.5, 0.6) is 5.75 Å². The summed E-state index contributed by atoms with van der Waals surface area (Å²) in [5, 5.41) is 3.71. The van der Waals surface area contributed by atoms with Gasteiger partial charge in [-0.3, -0.25) is 10.1 Å². The van der Waals surface area contributed by atoms with Crippen molar-refractivity contribution in [2.24, 2.45) is 7.05 Å². The maximum Gasteiger partial charge on any atom is 0.276 e. The third-order valence-electron chi connectivity index (χ3n) is 7.41. The number of ether oxygens (including phenoxy) is 1. The fourth-order valence-corrected chi connectivity index (χ4v) is 5.19. The van der Waals surface area contributed by atoms with Crippen LogP contribution in [-0.4, -0.2) is 75.6 Å². The Morgan fingerprint density at radius 1 is 1.05 bits per heavy atom. The summed E-state index contributed by atoms with van der Waals surface area (Å²) in [4.78, 5) is 38.7. The van der Waals surface area contributed by atoms with Crippen molar-refractivity contribution < 1.29 is 9.53 Å². The van der Waals surface area contributed by atoms with Crippen molar-refractivity contribution in [2.75, 3.05) is 55.5 Å². The van der Waals surface area contributed by atoms with Crippen molar-refractivity contribution in [3.05, 3.63) is 76.3 Å². The van der Waals surface area contributed by atoms with E-state index in [-0.39, 0.29) is 5.91 Å². The van der Waals surface area contributed by atoms with E-state index < -0.39 is 0 Å². The molecule has 0 spiro atoms. The number of hydrogen-bond donors (Lipinski definition) is 1. The molecule has 1 amide bonds. The van der Waals surface area contributed by atoms with Crippen molar-refractivity contribution in [2.45, 2.75) is 26.8 Å². The van der Waals surface area contributed by atoms with E-state index in [9.17, 15) is 4.79 Å². The predicted molar refractivity (Wildman–Crippen MR) is 165 cm³/mol. The molecule has 42 heavy (non-hydrogen) atoms. The number of benzene rings is 2. The minimum Gasteiger partial charge on any atom is -0.497 e. The molecule has 2 aromatic heterocycles. The molecule has 220 valence electrons. The molecular weight excluding hydrogens is 554 g/mol. The number of aromatic nitrogens is 5. The molecule has 2 aromatic carbocycles. The molecule has 3 heterocycles. The first kappa shape index (κ1) is 29.3. The highest BCUT2D eigenvalue weighted by atomic mass is 35.5. The number of carbonyl (C=O) groups is 1. The summed E-state index contributed by atoms with van der Waals surface area (Å²) in [6, 6.07) is 13.2. The minimum absolute atomic E-state index is 0.243. The number of piperazine rings is 1. The van der Waals surface area contributed by atoms with E-state index in [0.29, 0.717) is 53.0 Å². The van der Waals surface area contributed by atoms with Crippen LogP contribution in [0.3, 0.4) is 0 Å². The minimum atomic E-state index is -0.243. The monoisotopic (exact) mass is 589 g/mol. The molecule has 4 aromatic rings. The Morgan fingerprint density at radius 2 is 1.79 bits per heavy atom. The summed E-state index contributed by atoms with van der Waals surface area (Å²) < 4.78 is 7.01. The predicted octanol–water partition coefficient (Wildman–Crippen LogP) is 4.48. The number of nitrogens with one attached hydrogen (secondary N) is 1. The number of methoxy groups -OCH3 is 1. The van der Waals surface area contributed by atoms with Gasteiger partial charge in [0.2, 0.25) is 17.8 Å². The van der Waals surface area contributed by atoms with Gasteiger partial charge in [0, 0.05) is 39.6 Å². The van der Waals surface area contributed by atoms with Crippen molar-refractivity contribution >= 4 is 41.0 Å². The number of halogens is 1. The zero-order valence-electron chi connectivity index (χ0n) is 24.6. The van der Waals surface area contributed by atoms with Gasteiger partial charge in [0.15, 0.2) is 0 Å². The molecule has 5 rings (SSSR count).